The number of halogens is 1. The van der Waals surface area contributed by atoms with Crippen LogP contribution in [0.25, 0.3) is 0 Å². The van der Waals surface area contributed by atoms with Crippen molar-refractivity contribution in [2.75, 3.05) is 26.2 Å². The Morgan fingerprint density at radius 3 is 2.33 bits per heavy atom. The maximum absolute atomic E-state index is 6.03. The Bertz CT molecular complexity index is 667. The lowest BCUT2D eigenvalue weighted by atomic mass is 10.0. The highest BCUT2D eigenvalue weighted by molar-refractivity contribution is 6.30. The largest absolute Gasteiger partial charge is 0.394 e. The van der Waals surface area contributed by atoms with Gasteiger partial charge in [-0.15, -0.1) is 0 Å². The average Bonchev–Trinajstić information content (AvgIpc) is 2.71. The van der Waals surface area contributed by atoms with Gasteiger partial charge in [-0.2, -0.15) is 0 Å². The minimum absolute atomic E-state index is 0.614. The molecule has 0 saturated heterocycles. The summed E-state index contributed by atoms with van der Waals surface area (Å²) in [6, 6.07) is 18.5. The Balaban J connectivity index is 1.88. The molecular weight excluding hydrogens is 356 g/mol. The predicted octanol–water partition coefficient (Wildman–Crippen LogP) is 5.82. The summed E-state index contributed by atoms with van der Waals surface area (Å²) in [5, 5.41) is 5.20. The summed E-state index contributed by atoms with van der Waals surface area (Å²) in [7, 11) is 0. The molecule has 0 aromatic heterocycles. The number of rotatable bonds is 12. The van der Waals surface area contributed by atoms with Crippen LogP contribution in [0.5, 0.6) is 0 Å². The molecule has 0 aliphatic rings. The molecule has 0 aliphatic heterocycles. The zero-order valence-electron chi connectivity index (χ0n) is 16.5. The standard InChI is InChI=1S/C23H31ClN2O/c1-3-26(4-2)18-19-27-25-23(21-14-16-22(24)17-15-21)13-9-8-12-20-10-6-5-7-11-20/h5-7,10-11,14-17H,3-4,8-9,12-13,18-19H2,1-2H3/b25-23+. The van der Waals surface area contributed by atoms with Gasteiger partial charge in [0.05, 0.1) is 5.71 Å². The molecule has 27 heavy (non-hydrogen) atoms. The zero-order chi connectivity index (χ0) is 19.3. The number of hydrogen-bond donors (Lipinski definition) is 0. The van der Waals surface area contributed by atoms with Crippen molar-refractivity contribution in [1.29, 1.82) is 0 Å². The van der Waals surface area contributed by atoms with Crippen molar-refractivity contribution in [2.24, 2.45) is 5.16 Å². The number of unbranched alkanes of at least 4 members (excludes halogenated alkanes) is 1. The van der Waals surface area contributed by atoms with Crippen LogP contribution in [-0.2, 0) is 11.3 Å². The van der Waals surface area contributed by atoms with E-state index in [-0.39, 0.29) is 0 Å². The van der Waals surface area contributed by atoms with E-state index in [0.29, 0.717) is 6.61 Å². The molecule has 0 N–H and O–H groups in total. The molecule has 0 heterocycles. The first-order valence-corrected chi connectivity index (χ1v) is 10.3. The topological polar surface area (TPSA) is 24.8 Å². The van der Waals surface area contributed by atoms with Gasteiger partial charge >= 0.3 is 0 Å². The average molecular weight is 387 g/mol. The van der Waals surface area contributed by atoms with Gasteiger partial charge in [-0.1, -0.05) is 73.1 Å². The van der Waals surface area contributed by atoms with Crippen LogP contribution < -0.4 is 0 Å². The lowest BCUT2D eigenvalue weighted by Crippen LogP contribution is -2.26. The molecule has 2 aromatic carbocycles. The molecule has 0 bridgehead atoms. The van der Waals surface area contributed by atoms with Crippen molar-refractivity contribution in [3.63, 3.8) is 0 Å². The summed E-state index contributed by atoms with van der Waals surface area (Å²) in [4.78, 5) is 7.97. The Kier molecular flexibility index (Phi) is 9.96. The summed E-state index contributed by atoms with van der Waals surface area (Å²) < 4.78 is 0. The fraction of sp³-hybridized carbons (Fsp3) is 0.435. The number of benzene rings is 2. The molecule has 0 aliphatic carbocycles. The predicted molar refractivity (Wildman–Crippen MR) is 116 cm³/mol. The van der Waals surface area contributed by atoms with Gasteiger partial charge in [0.1, 0.15) is 6.61 Å². The Hall–Kier alpha value is -1.84. The normalized spacial score (nSPS) is 11.8. The fourth-order valence-corrected chi connectivity index (χ4v) is 3.11. The zero-order valence-corrected chi connectivity index (χ0v) is 17.3. The minimum Gasteiger partial charge on any atom is -0.394 e. The highest BCUT2D eigenvalue weighted by atomic mass is 35.5. The molecule has 0 radical (unpaired) electrons. The van der Waals surface area contributed by atoms with Crippen molar-refractivity contribution >= 4 is 17.3 Å². The van der Waals surface area contributed by atoms with Gasteiger partial charge < -0.3 is 9.74 Å². The summed E-state index contributed by atoms with van der Waals surface area (Å²) in [5.74, 6) is 0. The second kappa shape index (κ2) is 12.5. The summed E-state index contributed by atoms with van der Waals surface area (Å²) in [6.45, 7) is 7.92. The molecule has 4 heteroatoms. The van der Waals surface area contributed by atoms with Gasteiger partial charge in [-0.05, 0) is 62.0 Å². The second-order valence-electron chi connectivity index (χ2n) is 6.60. The molecule has 146 valence electrons. The van der Waals surface area contributed by atoms with E-state index in [9.17, 15) is 0 Å². The van der Waals surface area contributed by atoms with Crippen LogP contribution in [0.1, 0.15) is 44.2 Å². The van der Waals surface area contributed by atoms with Crippen molar-refractivity contribution in [3.8, 4) is 0 Å². The van der Waals surface area contributed by atoms with E-state index < -0.39 is 0 Å². The smallest absolute Gasteiger partial charge is 0.129 e. The molecule has 0 spiro atoms. The lowest BCUT2D eigenvalue weighted by molar-refractivity contribution is 0.114. The lowest BCUT2D eigenvalue weighted by Gasteiger charge is -2.16. The van der Waals surface area contributed by atoms with E-state index in [1.807, 2.05) is 24.3 Å². The summed E-state index contributed by atoms with van der Waals surface area (Å²) in [5.41, 5.74) is 3.47. The first-order chi connectivity index (χ1) is 13.2. The summed E-state index contributed by atoms with van der Waals surface area (Å²) in [6.07, 6.45) is 4.21. The van der Waals surface area contributed by atoms with Crippen molar-refractivity contribution in [2.45, 2.75) is 39.5 Å². The molecule has 3 nitrogen and oxygen atoms in total. The molecule has 0 fully saturated rings. The Morgan fingerprint density at radius 1 is 0.963 bits per heavy atom. The van der Waals surface area contributed by atoms with Gasteiger partial charge in [0.15, 0.2) is 0 Å². The Morgan fingerprint density at radius 2 is 1.67 bits per heavy atom. The van der Waals surface area contributed by atoms with Crippen molar-refractivity contribution in [1.82, 2.24) is 4.90 Å². The molecular formula is C23H31ClN2O. The second-order valence-corrected chi connectivity index (χ2v) is 7.03. The molecule has 2 rings (SSSR count). The number of hydrogen-bond acceptors (Lipinski definition) is 3. The monoisotopic (exact) mass is 386 g/mol. The number of nitrogens with zero attached hydrogens (tertiary/aromatic N) is 2. The third kappa shape index (κ3) is 8.15. The summed E-state index contributed by atoms with van der Waals surface area (Å²) >= 11 is 6.03. The van der Waals surface area contributed by atoms with Crippen LogP contribution in [-0.4, -0.2) is 36.9 Å². The first kappa shape index (κ1) is 21.5. The van der Waals surface area contributed by atoms with E-state index in [4.69, 9.17) is 16.4 Å². The van der Waals surface area contributed by atoms with Crippen molar-refractivity contribution < 1.29 is 4.84 Å². The molecule has 0 amide bonds. The van der Waals surface area contributed by atoms with Crippen molar-refractivity contribution in [3.05, 3.63) is 70.7 Å². The van der Waals surface area contributed by atoms with Gasteiger partial charge in [0.25, 0.3) is 0 Å². The van der Waals surface area contributed by atoms with E-state index in [1.165, 1.54) is 5.56 Å². The maximum atomic E-state index is 6.03. The van der Waals surface area contributed by atoms with Gasteiger partial charge in [-0.25, -0.2) is 0 Å². The molecule has 0 saturated carbocycles. The van der Waals surface area contributed by atoms with E-state index >= 15 is 0 Å². The third-order valence-corrected chi connectivity index (χ3v) is 4.97. The van der Waals surface area contributed by atoms with E-state index in [2.05, 4.69) is 54.2 Å². The van der Waals surface area contributed by atoms with Crippen LogP contribution >= 0.6 is 11.6 Å². The minimum atomic E-state index is 0.614. The first-order valence-electron chi connectivity index (χ1n) is 9.94. The van der Waals surface area contributed by atoms with Gasteiger partial charge in [-0.3, -0.25) is 0 Å². The molecule has 2 aromatic rings. The quantitative estimate of drug-likeness (QED) is 0.261. The van der Waals surface area contributed by atoms with Gasteiger partial charge in [0.2, 0.25) is 0 Å². The molecule has 0 atom stereocenters. The number of oxime groups is 1. The SMILES string of the molecule is CCN(CC)CCO/N=C(\CCCCc1ccccc1)c1ccc(Cl)cc1. The molecule has 0 unspecified atom stereocenters. The Labute approximate surface area is 169 Å². The fourth-order valence-electron chi connectivity index (χ4n) is 2.98. The third-order valence-electron chi connectivity index (χ3n) is 4.72. The maximum Gasteiger partial charge on any atom is 0.129 e. The van der Waals surface area contributed by atoms with Gasteiger partial charge in [0, 0.05) is 11.6 Å². The van der Waals surface area contributed by atoms with Crippen LogP contribution in [0.4, 0.5) is 0 Å². The highest BCUT2D eigenvalue weighted by Crippen LogP contribution is 2.15. The van der Waals surface area contributed by atoms with E-state index in [1.54, 1.807) is 0 Å². The number of aryl methyl sites for hydroxylation is 1. The highest BCUT2D eigenvalue weighted by Gasteiger charge is 2.06. The van der Waals surface area contributed by atoms with Crippen LogP contribution in [0.2, 0.25) is 5.02 Å². The van der Waals surface area contributed by atoms with Crippen LogP contribution in [0, 0.1) is 0 Å². The van der Waals surface area contributed by atoms with Crippen LogP contribution in [0.15, 0.2) is 59.8 Å². The van der Waals surface area contributed by atoms with E-state index in [0.717, 1.165) is 61.6 Å². The number of likely N-dealkylation sites (N-methyl/N-ethyl adjacent to an activating group) is 1. The van der Waals surface area contributed by atoms with Crippen LogP contribution in [0.3, 0.4) is 0 Å².